The summed E-state index contributed by atoms with van der Waals surface area (Å²) < 4.78 is 1.98. The molecule has 2 aromatic carbocycles. The topological polar surface area (TPSA) is 71.3 Å². The van der Waals surface area contributed by atoms with Crippen LogP contribution in [0, 0.1) is 13.8 Å². The maximum Gasteiger partial charge on any atom is 0.322 e. The third-order valence-electron chi connectivity index (χ3n) is 4.43. The first-order chi connectivity index (χ1) is 14.9. The molecule has 0 fully saturated rings. The van der Waals surface area contributed by atoms with Gasteiger partial charge in [-0.05, 0) is 37.7 Å². The summed E-state index contributed by atoms with van der Waals surface area (Å²) in [6.45, 7) is 7.99. The molecule has 0 saturated carbocycles. The number of carbonyl (C=O) groups excluding carboxylic acids is 1. The molecule has 0 amide bonds. The highest BCUT2D eigenvalue weighted by Crippen LogP contribution is 2.13. The molecule has 0 bridgehead atoms. The molecule has 5 nitrogen and oxygen atoms in total. The second-order valence-electron chi connectivity index (χ2n) is 7.04. The zero-order chi connectivity index (χ0) is 22.6. The molecule has 31 heavy (non-hydrogen) atoms. The van der Waals surface area contributed by atoms with Gasteiger partial charge in [0.1, 0.15) is 6.54 Å². The van der Waals surface area contributed by atoms with E-state index in [1.54, 1.807) is 0 Å². The Balaban J connectivity index is 0.000000423. The summed E-state index contributed by atoms with van der Waals surface area (Å²) in [5, 5.41) is 10.3. The molecular formula is C26H28N2O3. The molecule has 1 aromatic heterocycles. The highest BCUT2D eigenvalue weighted by Gasteiger charge is 2.12. The summed E-state index contributed by atoms with van der Waals surface area (Å²) in [7, 11) is 0. The van der Waals surface area contributed by atoms with Crippen molar-refractivity contribution in [1.29, 1.82) is 0 Å². The number of aromatic nitrogens is 1. The lowest BCUT2D eigenvalue weighted by Gasteiger charge is -2.06. The summed E-state index contributed by atoms with van der Waals surface area (Å²) in [4.78, 5) is 22.3. The first-order valence-corrected chi connectivity index (χ1v) is 9.96. The number of carboxylic acids is 1. The van der Waals surface area contributed by atoms with Gasteiger partial charge in [-0.15, -0.1) is 0 Å². The van der Waals surface area contributed by atoms with Crippen LogP contribution >= 0.6 is 0 Å². The van der Waals surface area contributed by atoms with Crippen LogP contribution in [0.15, 0.2) is 85.7 Å². The van der Waals surface area contributed by atoms with Crippen LogP contribution in [0.25, 0.3) is 6.08 Å². The molecule has 2 N–H and O–H groups in total. The monoisotopic (exact) mass is 416 g/mol. The molecular weight excluding hydrogens is 388 g/mol. The van der Waals surface area contributed by atoms with Gasteiger partial charge in [-0.1, -0.05) is 78.4 Å². The highest BCUT2D eigenvalue weighted by atomic mass is 16.4. The minimum Gasteiger partial charge on any atom is -0.480 e. The lowest BCUT2D eigenvalue weighted by atomic mass is 10.1. The predicted molar refractivity (Wildman–Crippen MR) is 125 cm³/mol. The third kappa shape index (κ3) is 7.82. The second kappa shape index (κ2) is 12.0. The predicted octanol–water partition coefficient (Wildman–Crippen LogP) is 4.85. The molecule has 0 aliphatic heterocycles. The Bertz CT molecular complexity index is 1050. The van der Waals surface area contributed by atoms with E-state index in [1.165, 1.54) is 17.3 Å². The van der Waals surface area contributed by atoms with Crippen LogP contribution in [0.3, 0.4) is 0 Å². The molecule has 0 saturated heterocycles. The Morgan fingerprint density at radius 2 is 1.77 bits per heavy atom. The van der Waals surface area contributed by atoms with Gasteiger partial charge in [0, 0.05) is 18.3 Å². The van der Waals surface area contributed by atoms with Crippen molar-refractivity contribution in [2.75, 3.05) is 6.54 Å². The number of hydrogen-bond donors (Lipinski definition) is 2. The van der Waals surface area contributed by atoms with E-state index in [1.807, 2.05) is 54.1 Å². The molecule has 0 aliphatic rings. The van der Waals surface area contributed by atoms with E-state index in [9.17, 15) is 9.59 Å². The first kappa shape index (κ1) is 23.4. The maximum absolute atomic E-state index is 12.7. The third-order valence-corrected chi connectivity index (χ3v) is 4.43. The minimum absolute atomic E-state index is 0.0521. The van der Waals surface area contributed by atoms with E-state index < -0.39 is 5.97 Å². The Morgan fingerprint density at radius 3 is 2.39 bits per heavy atom. The van der Waals surface area contributed by atoms with Gasteiger partial charge in [0.05, 0.1) is 5.69 Å². The van der Waals surface area contributed by atoms with Crippen LogP contribution in [0.1, 0.15) is 32.7 Å². The summed E-state index contributed by atoms with van der Waals surface area (Å²) in [5.74, 6) is -0.816. The van der Waals surface area contributed by atoms with Crippen molar-refractivity contribution in [3.8, 4) is 0 Å². The summed E-state index contributed by atoms with van der Waals surface area (Å²) in [6.07, 6.45) is 7.46. The molecule has 160 valence electrons. The van der Waals surface area contributed by atoms with Gasteiger partial charge < -0.3 is 15.0 Å². The van der Waals surface area contributed by atoms with Crippen LogP contribution < -0.4 is 5.32 Å². The maximum atomic E-state index is 12.7. The normalized spacial score (nSPS) is 10.3. The molecule has 1 heterocycles. The minimum atomic E-state index is -0.875. The van der Waals surface area contributed by atoms with E-state index in [2.05, 4.69) is 55.2 Å². The number of benzene rings is 2. The van der Waals surface area contributed by atoms with E-state index in [4.69, 9.17) is 5.11 Å². The highest BCUT2D eigenvalue weighted by molar-refractivity contribution is 6.08. The van der Waals surface area contributed by atoms with Gasteiger partial charge in [0.2, 0.25) is 5.78 Å². The number of carboxylic acid groups (broad SMARTS) is 1. The quantitative estimate of drug-likeness (QED) is 0.515. The van der Waals surface area contributed by atoms with Crippen molar-refractivity contribution in [1.82, 2.24) is 9.88 Å². The van der Waals surface area contributed by atoms with Crippen molar-refractivity contribution >= 4 is 17.8 Å². The Hall–Kier alpha value is -3.86. The van der Waals surface area contributed by atoms with Crippen molar-refractivity contribution < 1.29 is 14.7 Å². The number of hydrogen-bond acceptors (Lipinski definition) is 3. The van der Waals surface area contributed by atoms with Gasteiger partial charge in [0.25, 0.3) is 0 Å². The van der Waals surface area contributed by atoms with Gasteiger partial charge in [-0.25, -0.2) is 0 Å². The fourth-order valence-electron chi connectivity index (χ4n) is 2.87. The molecule has 3 rings (SSSR count). The van der Waals surface area contributed by atoms with Crippen molar-refractivity contribution in [3.63, 3.8) is 0 Å². The van der Waals surface area contributed by atoms with Crippen LogP contribution in [-0.4, -0.2) is 28.0 Å². The largest absolute Gasteiger partial charge is 0.480 e. The fourth-order valence-corrected chi connectivity index (χ4v) is 2.87. The lowest BCUT2D eigenvalue weighted by Crippen LogP contribution is -2.15. The summed E-state index contributed by atoms with van der Waals surface area (Å²) in [5.41, 5.74) is 5.01. The molecule has 0 spiro atoms. The van der Waals surface area contributed by atoms with Gasteiger partial charge in [0.15, 0.2) is 0 Å². The zero-order valence-electron chi connectivity index (χ0n) is 17.9. The van der Waals surface area contributed by atoms with Crippen LogP contribution in [0.5, 0.6) is 0 Å². The average Bonchev–Trinajstić information content (AvgIpc) is 3.21. The number of allylic oxidation sites excluding steroid dienone is 1. The number of nitrogens with one attached hydrogen (secondary N) is 1. The molecule has 0 radical (unpaired) electrons. The number of rotatable bonds is 8. The number of nitrogens with zero attached hydrogens (tertiary/aromatic N) is 1. The summed E-state index contributed by atoms with van der Waals surface area (Å²) >= 11 is 0. The summed E-state index contributed by atoms with van der Waals surface area (Å²) in [6, 6.07) is 19.9. The number of aryl methyl sites for hydroxylation is 2. The van der Waals surface area contributed by atoms with E-state index >= 15 is 0 Å². The second-order valence-corrected chi connectivity index (χ2v) is 7.04. The van der Waals surface area contributed by atoms with E-state index in [0.717, 1.165) is 11.1 Å². The molecule has 0 unspecified atom stereocenters. The van der Waals surface area contributed by atoms with Crippen molar-refractivity contribution in [2.24, 2.45) is 0 Å². The Kier molecular flexibility index (Phi) is 9.05. The number of ketones is 1. The van der Waals surface area contributed by atoms with Gasteiger partial charge >= 0.3 is 5.97 Å². The van der Waals surface area contributed by atoms with Crippen molar-refractivity contribution in [3.05, 3.63) is 114 Å². The Morgan fingerprint density at radius 1 is 1.03 bits per heavy atom. The van der Waals surface area contributed by atoms with E-state index in [0.29, 0.717) is 12.2 Å². The van der Waals surface area contributed by atoms with Crippen LogP contribution in [-0.2, 0) is 11.3 Å². The standard InChI is InChI=1S/C22H21NO.C4H7NO2/c1-17-10-12-20(13-11-17)22(24)21-9-5-15-23(21)14-4-8-19-7-3-6-18(2)16-19;1-2-5-3-4(6)7/h3-13,15-16H,14H2,1-2H3;2,5H,1,3H2,(H,6,7)/b8-4+;. The van der Waals surface area contributed by atoms with Crippen LogP contribution in [0.2, 0.25) is 0 Å². The molecule has 5 heteroatoms. The van der Waals surface area contributed by atoms with Gasteiger partial charge in [-0.3, -0.25) is 9.59 Å². The zero-order valence-corrected chi connectivity index (χ0v) is 17.9. The lowest BCUT2D eigenvalue weighted by molar-refractivity contribution is -0.135. The Labute approximate surface area is 183 Å². The fraction of sp³-hybridized carbons (Fsp3) is 0.154. The van der Waals surface area contributed by atoms with Gasteiger partial charge in [-0.2, -0.15) is 0 Å². The smallest absolute Gasteiger partial charge is 0.322 e. The SMILES string of the molecule is C=CNCC(=O)O.Cc1ccc(C(=O)c2cccn2C/C=C/c2cccc(C)c2)cc1. The molecule has 0 atom stereocenters. The van der Waals surface area contributed by atoms with Crippen LogP contribution in [0.4, 0.5) is 0 Å². The molecule has 3 aromatic rings. The number of carbonyl (C=O) groups is 2. The van der Waals surface area contributed by atoms with Crippen molar-refractivity contribution in [2.45, 2.75) is 20.4 Å². The van der Waals surface area contributed by atoms with E-state index in [-0.39, 0.29) is 12.3 Å². The molecule has 0 aliphatic carbocycles. The number of aliphatic carboxylic acids is 1. The first-order valence-electron chi connectivity index (χ1n) is 9.96. The average molecular weight is 417 g/mol.